The van der Waals surface area contributed by atoms with Crippen LogP contribution < -0.4 is 14.9 Å². The van der Waals surface area contributed by atoms with Gasteiger partial charge in [-0.15, -0.1) is 0 Å². The summed E-state index contributed by atoms with van der Waals surface area (Å²) < 4.78 is 12.7. The van der Waals surface area contributed by atoms with E-state index in [0.717, 1.165) is 22.4 Å². The molecule has 0 saturated heterocycles. The molecule has 0 radical (unpaired) electrons. The zero-order chi connectivity index (χ0) is 19.9. The standard InChI is InChI=1S/C21H22N4O3/c1-4-11-28-19-10-9-16(12-20(19)27-3)13-22-24-21(26)14-25-15(2)23-17-7-5-6-8-18(17)25/h4-10,12-13H,1,11,14H2,2-3H3,(H,24,26)/b22-13+. The van der Waals surface area contributed by atoms with Gasteiger partial charge in [-0.2, -0.15) is 5.10 Å². The number of ether oxygens (including phenoxy) is 2. The maximum absolute atomic E-state index is 12.3. The Morgan fingerprint density at radius 1 is 1.29 bits per heavy atom. The molecule has 7 nitrogen and oxygen atoms in total. The molecule has 0 aliphatic carbocycles. The highest BCUT2D eigenvalue weighted by Crippen LogP contribution is 2.27. The minimum absolute atomic E-state index is 0.140. The number of methoxy groups -OCH3 is 1. The Balaban J connectivity index is 1.64. The highest BCUT2D eigenvalue weighted by molar-refractivity contribution is 5.84. The Morgan fingerprint density at radius 2 is 2.11 bits per heavy atom. The van der Waals surface area contributed by atoms with E-state index in [0.29, 0.717) is 18.1 Å². The number of fused-ring (bicyclic) bond motifs is 1. The van der Waals surface area contributed by atoms with Gasteiger partial charge in [0, 0.05) is 0 Å². The van der Waals surface area contributed by atoms with Crippen LogP contribution in [0.15, 0.2) is 60.2 Å². The summed E-state index contributed by atoms with van der Waals surface area (Å²) >= 11 is 0. The first-order valence-corrected chi connectivity index (χ1v) is 8.78. The molecular formula is C21H22N4O3. The lowest BCUT2D eigenvalue weighted by atomic mass is 10.2. The van der Waals surface area contributed by atoms with E-state index in [1.165, 1.54) is 0 Å². The molecule has 1 heterocycles. The molecule has 7 heteroatoms. The van der Waals surface area contributed by atoms with Crippen molar-refractivity contribution in [1.29, 1.82) is 0 Å². The number of nitrogens with one attached hydrogen (secondary N) is 1. The van der Waals surface area contributed by atoms with Crippen molar-refractivity contribution in [3.63, 3.8) is 0 Å². The molecule has 28 heavy (non-hydrogen) atoms. The summed E-state index contributed by atoms with van der Waals surface area (Å²) in [7, 11) is 1.57. The van der Waals surface area contributed by atoms with E-state index in [9.17, 15) is 4.79 Å². The van der Waals surface area contributed by atoms with E-state index in [4.69, 9.17) is 9.47 Å². The fourth-order valence-corrected chi connectivity index (χ4v) is 2.79. The predicted molar refractivity (Wildman–Crippen MR) is 109 cm³/mol. The summed E-state index contributed by atoms with van der Waals surface area (Å²) in [5, 5.41) is 4.03. The predicted octanol–water partition coefficient (Wildman–Crippen LogP) is 3.07. The number of aromatic nitrogens is 2. The van der Waals surface area contributed by atoms with Crippen LogP contribution in [0.4, 0.5) is 0 Å². The number of rotatable bonds is 8. The average Bonchev–Trinajstić information content (AvgIpc) is 3.02. The van der Waals surface area contributed by atoms with Crippen LogP contribution >= 0.6 is 0 Å². The monoisotopic (exact) mass is 378 g/mol. The van der Waals surface area contributed by atoms with Gasteiger partial charge >= 0.3 is 0 Å². The second-order valence-corrected chi connectivity index (χ2v) is 6.04. The number of amides is 1. The van der Waals surface area contributed by atoms with Crippen molar-refractivity contribution >= 4 is 23.2 Å². The molecule has 1 amide bonds. The van der Waals surface area contributed by atoms with Crippen molar-refractivity contribution in [2.75, 3.05) is 13.7 Å². The van der Waals surface area contributed by atoms with Gasteiger partial charge in [-0.3, -0.25) is 4.79 Å². The maximum atomic E-state index is 12.3. The Kier molecular flexibility index (Phi) is 6.06. The zero-order valence-corrected chi connectivity index (χ0v) is 15.9. The van der Waals surface area contributed by atoms with Crippen LogP contribution in [-0.4, -0.2) is 35.4 Å². The van der Waals surface area contributed by atoms with Gasteiger partial charge in [-0.25, -0.2) is 10.4 Å². The first-order chi connectivity index (χ1) is 13.6. The molecule has 3 rings (SSSR count). The topological polar surface area (TPSA) is 77.7 Å². The van der Waals surface area contributed by atoms with E-state index < -0.39 is 0 Å². The van der Waals surface area contributed by atoms with Gasteiger partial charge in [0.25, 0.3) is 5.91 Å². The number of hydrogen-bond donors (Lipinski definition) is 1. The lowest BCUT2D eigenvalue weighted by Crippen LogP contribution is -2.23. The smallest absolute Gasteiger partial charge is 0.260 e. The first-order valence-electron chi connectivity index (χ1n) is 8.78. The highest BCUT2D eigenvalue weighted by atomic mass is 16.5. The number of carbonyl (C=O) groups is 1. The van der Waals surface area contributed by atoms with Gasteiger partial charge in [0.15, 0.2) is 11.5 Å². The summed E-state index contributed by atoms with van der Waals surface area (Å²) in [6.07, 6.45) is 3.21. The van der Waals surface area contributed by atoms with Gasteiger partial charge in [-0.1, -0.05) is 24.8 Å². The van der Waals surface area contributed by atoms with Crippen LogP contribution in [0.3, 0.4) is 0 Å². The van der Waals surface area contributed by atoms with Crippen LogP contribution in [0.25, 0.3) is 11.0 Å². The van der Waals surface area contributed by atoms with Crippen molar-refractivity contribution in [3.05, 3.63) is 66.5 Å². The molecule has 1 N–H and O–H groups in total. The Morgan fingerprint density at radius 3 is 2.89 bits per heavy atom. The Labute approximate surface area is 163 Å². The molecule has 1 aromatic heterocycles. The molecule has 0 saturated carbocycles. The largest absolute Gasteiger partial charge is 0.493 e. The summed E-state index contributed by atoms with van der Waals surface area (Å²) in [4.78, 5) is 16.7. The molecule has 0 bridgehead atoms. The summed E-state index contributed by atoms with van der Waals surface area (Å²) in [6, 6.07) is 13.1. The van der Waals surface area contributed by atoms with E-state index >= 15 is 0 Å². The third-order valence-electron chi connectivity index (χ3n) is 4.09. The van der Waals surface area contributed by atoms with Crippen molar-refractivity contribution in [2.24, 2.45) is 5.10 Å². The number of carbonyl (C=O) groups excluding carboxylic acids is 1. The third-order valence-corrected chi connectivity index (χ3v) is 4.09. The van der Waals surface area contributed by atoms with Crippen molar-refractivity contribution in [1.82, 2.24) is 15.0 Å². The van der Waals surface area contributed by atoms with Gasteiger partial charge in [0.1, 0.15) is 19.0 Å². The number of hydrogen-bond acceptors (Lipinski definition) is 5. The van der Waals surface area contributed by atoms with E-state index in [-0.39, 0.29) is 12.5 Å². The molecule has 0 atom stereocenters. The van der Waals surface area contributed by atoms with E-state index in [1.807, 2.05) is 41.8 Å². The Bertz CT molecular complexity index is 1020. The second-order valence-electron chi connectivity index (χ2n) is 6.04. The fourth-order valence-electron chi connectivity index (χ4n) is 2.79. The third kappa shape index (κ3) is 4.37. The zero-order valence-electron chi connectivity index (χ0n) is 15.9. The Hall–Kier alpha value is -3.61. The van der Waals surface area contributed by atoms with E-state index in [1.54, 1.807) is 31.5 Å². The van der Waals surface area contributed by atoms with Crippen molar-refractivity contribution in [2.45, 2.75) is 13.5 Å². The molecule has 2 aromatic carbocycles. The maximum Gasteiger partial charge on any atom is 0.260 e. The van der Waals surface area contributed by atoms with Crippen LogP contribution in [-0.2, 0) is 11.3 Å². The van der Waals surface area contributed by atoms with Gasteiger partial charge in [-0.05, 0) is 42.8 Å². The van der Waals surface area contributed by atoms with Crippen LogP contribution in [0.5, 0.6) is 11.5 Å². The summed E-state index contributed by atoms with van der Waals surface area (Å²) in [6.45, 7) is 6.03. The van der Waals surface area contributed by atoms with Crippen molar-refractivity contribution < 1.29 is 14.3 Å². The summed E-state index contributed by atoms with van der Waals surface area (Å²) in [5.74, 6) is 1.74. The highest BCUT2D eigenvalue weighted by Gasteiger charge is 2.10. The molecule has 0 aliphatic rings. The number of hydrazone groups is 1. The SMILES string of the molecule is C=CCOc1ccc(/C=N/NC(=O)Cn2c(C)nc3ccccc32)cc1OC. The van der Waals surface area contributed by atoms with Gasteiger partial charge < -0.3 is 14.0 Å². The quantitative estimate of drug-likeness (QED) is 0.371. The molecule has 144 valence electrons. The number of imidazole rings is 1. The number of nitrogens with zero attached hydrogens (tertiary/aromatic N) is 3. The molecular weight excluding hydrogens is 356 g/mol. The van der Waals surface area contributed by atoms with Crippen molar-refractivity contribution in [3.8, 4) is 11.5 Å². The lowest BCUT2D eigenvalue weighted by molar-refractivity contribution is -0.121. The molecule has 3 aromatic rings. The normalized spacial score (nSPS) is 10.9. The molecule has 0 aliphatic heterocycles. The molecule has 0 spiro atoms. The number of benzene rings is 2. The number of aryl methyl sites for hydroxylation is 1. The van der Waals surface area contributed by atoms with Crippen LogP contribution in [0.2, 0.25) is 0 Å². The minimum atomic E-state index is -0.236. The lowest BCUT2D eigenvalue weighted by Gasteiger charge is -2.09. The van der Waals surface area contributed by atoms with Crippen LogP contribution in [0, 0.1) is 6.92 Å². The number of para-hydroxylation sites is 2. The molecule has 0 unspecified atom stereocenters. The average molecular weight is 378 g/mol. The van der Waals surface area contributed by atoms with Gasteiger partial charge in [0.05, 0.1) is 24.4 Å². The first kappa shape index (κ1) is 19.2. The van der Waals surface area contributed by atoms with Crippen LogP contribution in [0.1, 0.15) is 11.4 Å². The fraction of sp³-hybridized carbons (Fsp3) is 0.190. The van der Waals surface area contributed by atoms with Gasteiger partial charge in [0.2, 0.25) is 0 Å². The molecule has 0 fully saturated rings. The minimum Gasteiger partial charge on any atom is -0.493 e. The second kappa shape index (κ2) is 8.85. The van der Waals surface area contributed by atoms with E-state index in [2.05, 4.69) is 22.1 Å². The summed E-state index contributed by atoms with van der Waals surface area (Å²) in [5.41, 5.74) is 5.09.